The lowest BCUT2D eigenvalue weighted by molar-refractivity contribution is -0.144. The van der Waals surface area contributed by atoms with E-state index in [1.165, 1.54) is 0 Å². The van der Waals surface area contributed by atoms with Gasteiger partial charge in [-0.3, -0.25) is 25.2 Å². The molecule has 124 valence electrons. The number of hydrogen-bond acceptors (Lipinski definition) is 3. The van der Waals surface area contributed by atoms with Crippen LogP contribution in [0.15, 0.2) is 18.2 Å². The monoisotopic (exact) mass is 318 g/mol. The van der Waals surface area contributed by atoms with Crippen molar-refractivity contribution in [1.82, 2.24) is 10.9 Å². The molecule has 0 aliphatic heterocycles. The first-order valence-corrected chi connectivity index (χ1v) is 7.78. The summed E-state index contributed by atoms with van der Waals surface area (Å²) in [6.07, 6.45) is 2.06. The minimum absolute atomic E-state index is 0.245. The molecule has 0 saturated heterocycles. The maximum absolute atomic E-state index is 12.1. The van der Waals surface area contributed by atoms with Crippen molar-refractivity contribution in [3.63, 3.8) is 0 Å². The zero-order valence-corrected chi connectivity index (χ0v) is 13.4. The van der Waals surface area contributed by atoms with Gasteiger partial charge < -0.3 is 5.11 Å². The maximum atomic E-state index is 12.1. The average Bonchev–Trinajstić information content (AvgIpc) is 2.52. The Hall–Kier alpha value is -2.37. The van der Waals surface area contributed by atoms with Crippen LogP contribution in [0.5, 0.6) is 0 Å². The fourth-order valence-electron chi connectivity index (χ4n) is 2.96. The Morgan fingerprint density at radius 2 is 1.61 bits per heavy atom. The smallest absolute Gasteiger partial charge is 0.306 e. The Bertz CT molecular complexity index is 619. The lowest BCUT2D eigenvalue weighted by Crippen LogP contribution is -2.45. The van der Waals surface area contributed by atoms with E-state index in [-0.39, 0.29) is 23.7 Å². The minimum atomic E-state index is -0.799. The van der Waals surface area contributed by atoms with Crippen molar-refractivity contribution < 1.29 is 19.5 Å². The van der Waals surface area contributed by atoms with Crippen LogP contribution < -0.4 is 10.9 Å². The zero-order valence-electron chi connectivity index (χ0n) is 13.4. The van der Waals surface area contributed by atoms with Crippen molar-refractivity contribution >= 4 is 17.8 Å². The molecule has 6 heteroatoms. The van der Waals surface area contributed by atoms with Gasteiger partial charge in [-0.05, 0) is 51.2 Å². The first kappa shape index (κ1) is 17.0. The number of carboxylic acid groups (broad SMARTS) is 1. The molecule has 1 fully saturated rings. The number of carbonyl (C=O) groups excluding carboxylic acids is 2. The fraction of sp³-hybridized carbons (Fsp3) is 0.471. The van der Waals surface area contributed by atoms with Gasteiger partial charge in [0.25, 0.3) is 5.91 Å². The largest absolute Gasteiger partial charge is 0.481 e. The van der Waals surface area contributed by atoms with Gasteiger partial charge in [0.2, 0.25) is 5.91 Å². The predicted molar refractivity (Wildman–Crippen MR) is 84.6 cm³/mol. The third kappa shape index (κ3) is 4.31. The van der Waals surface area contributed by atoms with E-state index in [1.54, 1.807) is 6.07 Å². The number of hydrogen-bond donors (Lipinski definition) is 3. The van der Waals surface area contributed by atoms with E-state index in [2.05, 4.69) is 10.9 Å². The highest BCUT2D eigenvalue weighted by Crippen LogP contribution is 2.28. The number of aryl methyl sites for hydroxylation is 2. The first-order chi connectivity index (χ1) is 10.9. The SMILES string of the molecule is Cc1ccc(C(=O)NNC(=O)C2CCC(C(=O)O)CC2)c(C)c1. The van der Waals surface area contributed by atoms with Crippen molar-refractivity contribution in [3.8, 4) is 0 Å². The molecule has 1 aromatic rings. The van der Waals surface area contributed by atoms with Crippen LogP contribution in [0, 0.1) is 25.7 Å². The zero-order chi connectivity index (χ0) is 17.0. The average molecular weight is 318 g/mol. The van der Waals surface area contributed by atoms with Crippen LogP contribution in [0.4, 0.5) is 0 Å². The third-order valence-electron chi connectivity index (χ3n) is 4.37. The van der Waals surface area contributed by atoms with E-state index in [0.29, 0.717) is 31.2 Å². The normalized spacial score (nSPS) is 20.6. The summed E-state index contributed by atoms with van der Waals surface area (Å²) in [4.78, 5) is 35.1. The van der Waals surface area contributed by atoms with E-state index in [4.69, 9.17) is 5.11 Å². The van der Waals surface area contributed by atoms with Crippen molar-refractivity contribution in [2.24, 2.45) is 11.8 Å². The summed E-state index contributed by atoms with van der Waals surface area (Å²) in [5.41, 5.74) is 7.32. The number of nitrogens with one attached hydrogen (secondary N) is 2. The highest BCUT2D eigenvalue weighted by Gasteiger charge is 2.29. The summed E-state index contributed by atoms with van der Waals surface area (Å²) in [5, 5.41) is 8.95. The second-order valence-electron chi connectivity index (χ2n) is 6.15. The highest BCUT2D eigenvalue weighted by atomic mass is 16.4. The molecule has 0 bridgehead atoms. The molecule has 2 rings (SSSR count). The number of carbonyl (C=O) groups is 3. The van der Waals surface area contributed by atoms with Crippen molar-refractivity contribution in [3.05, 3.63) is 34.9 Å². The van der Waals surface area contributed by atoms with Crippen LogP contribution in [0.3, 0.4) is 0 Å². The number of aliphatic carboxylic acids is 1. The van der Waals surface area contributed by atoms with E-state index in [9.17, 15) is 14.4 Å². The van der Waals surface area contributed by atoms with E-state index in [1.807, 2.05) is 26.0 Å². The van der Waals surface area contributed by atoms with Crippen LogP contribution in [-0.4, -0.2) is 22.9 Å². The molecule has 6 nitrogen and oxygen atoms in total. The summed E-state index contributed by atoms with van der Waals surface area (Å²) < 4.78 is 0. The number of hydrazine groups is 1. The van der Waals surface area contributed by atoms with Crippen molar-refractivity contribution in [2.45, 2.75) is 39.5 Å². The number of benzene rings is 1. The van der Waals surface area contributed by atoms with Crippen molar-refractivity contribution in [1.29, 1.82) is 0 Å². The molecule has 1 saturated carbocycles. The van der Waals surface area contributed by atoms with Crippen LogP contribution in [0.1, 0.15) is 47.2 Å². The molecule has 0 atom stereocenters. The summed E-state index contributed by atoms with van der Waals surface area (Å²) in [7, 11) is 0. The van der Waals surface area contributed by atoms with Gasteiger partial charge in [-0.2, -0.15) is 0 Å². The fourth-order valence-corrected chi connectivity index (χ4v) is 2.96. The van der Waals surface area contributed by atoms with Crippen LogP contribution in [0.2, 0.25) is 0 Å². The summed E-state index contributed by atoms with van der Waals surface area (Å²) in [6.45, 7) is 3.79. The Labute approximate surface area is 135 Å². The molecule has 1 aliphatic rings. The van der Waals surface area contributed by atoms with Gasteiger partial charge in [-0.25, -0.2) is 0 Å². The molecule has 3 N–H and O–H groups in total. The second-order valence-corrected chi connectivity index (χ2v) is 6.15. The topological polar surface area (TPSA) is 95.5 Å². The highest BCUT2D eigenvalue weighted by molar-refractivity contribution is 5.96. The lowest BCUT2D eigenvalue weighted by Gasteiger charge is -2.25. The summed E-state index contributed by atoms with van der Waals surface area (Å²) >= 11 is 0. The Morgan fingerprint density at radius 3 is 2.17 bits per heavy atom. The molecule has 2 amide bonds. The van der Waals surface area contributed by atoms with E-state index >= 15 is 0 Å². The van der Waals surface area contributed by atoms with Gasteiger partial charge in [0, 0.05) is 11.5 Å². The molecule has 0 aromatic heterocycles. The molecule has 0 heterocycles. The maximum Gasteiger partial charge on any atom is 0.306 e. The molecular formula is C17H22N2O4. The molecule has 1 aromatic carbocycles. The number of rotatable bonds is 3. The first-order valence-electron chi connectivity index (χ1n) is 7.78. The Morgan fingerprint density at radius 1 is 1.00 bits per heavy atom. The Balaban J connectivity index is 1.85. The van der Waals surface area contributed by atoms with Gasteiger partial charge in [0.15, 0.2) is 0 Å². The predicted octanol–water partition coefficient (Wildman–Crippen LogP) is 1.96. The van der Waals surface area contributed by atoms with Gasteiger partial charge in [0.05, 0.1) is 5.92 Å². The quantitative estimate of drug-likeness (QED) is 0.742. The van der Waals surface area contributed by atoms with Crippen molar-refractivity contribution in [2.75, 3.05) is 0 Å². The van der Waals surface area contributed by atoms with E-state index in [0.717, 1.165) is 11.1 Å². The molecular weight excluding hydrogens is 296 g/mol. The van der Waals surface area contributed by atoms with Gasteiger partial charge in [-0.15, -0.1) is 0 Å². The van der Waals surface area contributed by atoms with E-state index < -0.39 is 5.97 Å². The Kier molecular flexibility index (Phi) is 5.36. The summed E-state index contributed by atoms with van der Waals surface area (Å²) in [6, 6.07) is 5.48. The lowest BCUT2D eigenvalue weighted by atomic mass is 9.82. The number of amides is 2. The second kappa shape index (κ2) is 7.26. The minimum Gasteiger partial charge on any atom is -0.481 e. The van der Waals surface area contributed by atoms with Gasteiger partial charge >= 0.3 is 5.97 Å². The van der Waals surface area contributed by atoms with Crippen LogP contribution >= 0.6 is 0 Å². The molecule has 0 spiro atoms. The molecule has 0 unspecified atom stereocenters. The number of carboxylic acids is 1. The molecule has 23 heavy (non-hydrogen) atoms. The van der Waals surface area contributed by atoms with Gasteiger partial charge in [-0.1, -0.05) is 17.7 Å². The van der Waals surface area contributed by atoms with Crippen LogP contribution in [-0.2, 0) is 9.59 Å². The molecule has 1 aliphatic carbocycles. The van der Waals surface area contributed by atoms with Crippen LogP contribution in [0.25, 0.3) is 0 Å². The standard InChI is InChI=1S/C17H22N2O4/c1-10-3-8-14(11(2)9-10)16(21)19-18-15(20)12-4-6-13(7-5-12)17(22)23/h3,8-9,12-13H,4-7H2,1-2H3,(H,18,20)(H,19,21)(H,22,23). The third-order valence-corrected chi connectivity index (χ3v) is 4.37. The van der Waals surface area contributed by atoms with Gasteiger partial charge in [0.1, 0.15) is 0 Å². The molecule has 0 radical (unpaired) electrons. The summed E-state index contributed by atoms with van der Waals surface area (Å²) in [5.74, 6) is -2.01.